The van der Waals surface area contributed by atoms with Gasteiger partial charge in [0.1, 0.15) is 29.0 Å². The van der Waals surface area contributed by atoms with E-state index in [1.165, 1.54) is 17.7 Å². The maximum Gasteiger partial charge on any atom is 0.429 e. The Morgan fingerprint density at radius 1 is 0.583 bits per heavy atom. The average Bonchev–Trinajstić information content (AvgIpc) is 3.03. The third-order valence-electron chi connectivity index (χ3n) is 7.67. The lowest BCUT2D eigenvalue weighted by atomic mass is 9.97. The summed E-state index contributed by atoms with van der Waals surface area (Å²) in [4.78, 5) is 0. The quantitative estimate of drug-likeness (QED) is 0.0588. The summed E-state index contributed by atoms with van der Waals surface area (Å²) in [6.07, 6.45) is 1.49. The molecule has 48 heavy (non-hydrogen) atoms. The molecule has 0 heterocycles. The molecular formula is C38H27F9O. The number of rotatable bonds is 11. The first-order valence-electron chi connectivity index (χ1n) is 14.9. The van der Waals surface area contributed by atoms with Crippen LogP contribution in [-0.2, 0) is 12.5 Å². The minimum Gasteiger partial charge on any atom is -0.429 e. The molecule has 0 spiro atoms. The van der Waals surface area contributed by atoms with E-state index in [2.05, 4.69) is 11.7 Å². The molecule has 0 atom stereocenters. The summed E-state index contributed by atoms with van der Waals surface area (Å²) in [6, 6.07) is 16.5. The molecule has 0 radical (unpaired) electrons. The number of hydrogen-bond donors (Lipinski definition) is 0. The molecule has 0 saturated carbocycles. The van der Waals surface area contributed by atoms with Crippen molar-refractivity contribution in [3.8, 4) is 28.0 Å². The summed E-state index contributed by atoms with van der Waals surface area (Å²) in [5.74, 6) is -10.7. The number of unbranched alkanes of at least 4 members (excludes halogenated alkanes) is 2. The van der Waals surface area contributed by atoms with Gasteiger partial charge < -0.3 is 4.74 Å². The van der Waals surface area contributed by atoms with Crippen LogP contribution in [-0.4, -0.2) is 0 Å². The lowest BCUT2D eigenvalue weighted by Crippen LogP contribution is -2.23. The molecular weight excluding hydrogens is 643 g/mol. The van der Waals surface area contributed by atoms with E-state index in [0.29, 0.717) is 42.0 Å². The molecule has 248 valence electrons. The van der Waals surface area contributed by atoms with Crippen LogP contribution in [0.2, 0.25) is 0 Å². The smallest absolute Gasteiger partial charge is 0.429 e. The normalized spacial score (nSPS) is 11.8. The van der Waals surface area contributed by atoms with Gasteiger partial charge in [-0.05, 0) is 77.1 Å². The zero-order valence-electron chi connectivity index (χ0n) is 25.4. The maximum atomic E-state index is 15.2. The molecule has 0 N–H and O–H groups in total. The molecule has 0 aliphatic rings. The fourth-order valence-electron chi connectivity index (χ4n) is 5.12. The monoisotopic (exact) mass is 670 g/mol. The molecule has 5 aromatic carbocycles. The Morgan fingerprint density at radius 2 is 1.19 bits per heavy atom. The van der Waals surface area contributed by atoms with Crippen molar-refractivity contribution in [2.75, 3.05) is 0 Å². The van der Waals surface area contributed by atoms with Gasteiger partial charge in [0.05, 0.1) is 5.56 Å². The van der Waals surface area contributed by atoms with E-state index in [9.17, 15) is 22.0 Å². The SMILES string of the molecule is CCCCCc1ccc(-c2ccc(-c3ccc(C(F)(F)Oc4cc(F)c(/C=C/c5cc(F)c(F)c(F)c5)c(F)c4)c(F)c3)c(F)c2)cc1. The predicted octanol–water partition coefficient (Wildman–Crippen LogP) is 12.0. The zero-order chi connectivity index (χ0) is 34.6. The molecule has 10 heteroatoms. The topological polar surface area (TPSA) is 9.23 Å². The van der Waals surface area contributed by atoms with Crippen molar-refractivity contribution in [2.24, 2.45) is 0 Å². The molecule has 0 aromatic heterocycles. The average molecular weight is 671 g/mol. The van der Waals surface area contributed by atoms with Crippen molar-refractivity contribution in [2.45, 2.75) is 38.7 Å². The molecule has 5 aromatic rings. The third-order valence-corrected chi connectivity index (χ3v) is 7.67. The molecule has 0 aliphatic heterocycles. The highest BCUT2D eigenvalue weighted by atomic mass is 19.3. The highest BCUT2D eigenvalue weighted by Gasteiger charge is 2.38. The molecule has 0 saturated heterocycles. The van der Waals surface area contributed by atoms with Gasteiger partial charge in [0.2, 0.25) is 0 Å². The van der Waals surface area contributed by atoms with Crippen LogP contribution in [0.1, 0.15) is 48.4 Å². The number of alkyl halides is 2. The lowest BCUT2D eigenvalue weighted by Gasteiger charge is -2.20. The Kier molecular flexibility index (Phi) is 10.3. The van der Waals surface area contributed by atoms with E-state index in [1.54, 1.807) is 6.07 Å². The Labute approximate surface area is 270 Å². The van der Waals surface area contributed by atoms with Crippen LogP contribution in [0.5, 0.6) is 5.75 Å². The van der Waals surface area contributed by atoms with Crippen molar-refractivity contribution in [3.05, 3.63) is 148 Å². The molecule has 1 nitrogen and oxygen atoms in total. The van der Waals surface area contributed by atoms with Crippen molar-refractivity contribution >= 4 is 12.2 Å². The predicted molar refractivity (Wildman–Crippen MR) is 167 cm³/mol. The second-order valence-corrected chi connectivity index (χ2v) is 11.1. The van der Waals surface area contributed by atoms with E-state index in [0.717, 1.165) is 49.5 Å². The maximum absolute atomic E-state index is 15.2. The van der Waals surface area contributed by atoms with Gasteiger partial charge in [-0.1, -0.05) is 68.3 Å². The Morgan fingerprint density at radius 3 is 1.79 bits per heavy atom. The second-order valence-electron chi connectivity index (χ2n) is 11.1. The van der Waals surface area contributed by atoms with Crippen molar-refractivity contribution in [1.82, 2.24) is 0 Å². The second kappa shape index (κ2) is 14.4. The first kappa shape index (κ1) is 34.3. The van der Waals surface area contributed by atoms with Crippen LogP contribution >= 0.6 is 0 Å². The number of benzene rings is 5. The van der Waals surface area contributed by atoms with Crippen LogP contribution in [0.3, 0.4) is 0 Å². The van der Waals surface area contributed by atoms with Crippen molar-refractivity contribution in [3.63, 3.8) is 0 Å². The number of halogens is 9. The van der Waals surface area contributed by atoms with E-state index in [4.69, 9.17) is 0 Å². The van der Waals surface area contributed by atoms with Crippen LogP contribution in [0.4, 0.5) is 39.5 Å². The molecule has 5 rings (SSSR count). The summed E-state index contributed by atoms with van der Waals surface area (Å²) in [5.41, 5.74) is 0.128. The first-order chi connectivity index (χ1) is 22.9. The third kappa shape index (κ3) is 7.75. The van der Waals surface area contributed by atoms with Gasteiger partial charge in [-0.2, -0.15) is 8.78 Å². The summed E-state index contributed by atoms with van der Waals surface area (Å²) < 4.78 is 134. The molecule has 0 fully saturated rings. The van der Waals surface area contributed by atoms with Gasteiger partial charge in [-0.15, -0.1) is 0 Å². The summed E-state index contributed by atoms with van der Waals surface area (Å²) in [6.45, 7) is 2.13. The van der Waals surface area contributed by atoms with E-state index < -0.39 is 63.7 Å². The van der Waals surface area contributed by atoms with Crippen molar-refractivity contribution < 1.29 is 44.3 Å². The van der Waals surface area contributed by atoms with Gasteiger partial charge >= 0.3 is 6.11 Å². The summed E-state index contributed by atoms with van der Waals surface area (Å²) in [7, 11) is 0. The van der Waals surface area contributed by atoms with Gasteiger partial charge in [0.25, 0.3) is 0 Å². The zero-order valence-corrected chi connectivity index (χ0v) is 25.4. The van der Waals surface area contributed by atoms with E-state index in [1.807, 2.05) is 24.3 Å². The minimum absolute atomic E-state index is 0.0310. The Hall–Kier alpha value is -4.99. The fourth-order valence-corrected chi connectivity index (χ4v) is 5.12. The number of ether oxygens (including phenoxy) is 1. The van der Waals surface area contributed by atoms with Crippen LogP contribution in [0.15, 0.2) is 84.9 Å². The van der Waals surface area contributed by atoms with E-state index in [-0.39, 0.29) is 16.7 Å². The molecule has 0 bridgehead atoms. The van der Waals surface area contributed by atoms with Gasteiger partial charge in [0, 0.05) is 23.3 Å². The van der Waals surface area contributed by atoms with Gasteiger partial charge in [-0.3, -0.25) is 0 Å². The first-order valence-corrected chi connectivity index (χ1v) is 14.9. The lowest BCUT2D eigenvalue weighted by molar-refractivity contribution is -0.187. The highest BCUT2D eigenvalue weighted by Crippen LogP contribution is 2.37. The van der Waals surface area contributed by atoms with Crippen molar-refractivity contribution in [1.29, 1.82) is 0 Å². The number of hydrogen-bond acceptors (Lipinski definition) is 1. The summed E-state index contributed by atoms with van der Waals surface area (Å²) in [5, 5.41) is 0. The number of aryl methyl sites for hydroxylation is 1. The minimum atomic E-state index is -4.41. The van der Waals surface area contributed by atoms with Gasteiger partial charge in [0.15, 0.2) is 17.5 Å². The van der Waals surface area contributed by atoms with Crippen LogP contribution in [0.25, 0.3) is 34.4 Å². The van der Waals surface area contributed by atoms with E-state index >= 15 is 17.6 Å². The Bertz CT molecular complexity index is 1920. The molecule has 0 aliphatic carbocycles. The molecule has 0 amide bonds. The van der Waals surface area contributed by atoms with Crippen LogP contribution < -0.4 is 4.74 Å². The Balaban J connectivity index is 1.31. The highest BCUT2D eigenvalue weighted by molar-refractivity contribution is 5.72. The summed E-state index contributed by atoms with van der Waals surface area (Å²) >= 11 is 0. The fraction of sp³-hybridized carbons (Fsp3) is 0.158. The van der Waals surface area contributed by atoms with Gasteiger partial charge in [-0.25, -0.2) is 30.7 Å². The van der Waals surface area contributed by atoms with Crippen LogP contribution in [0, 0.1) is 40.7 Å². The standard InChI is InChI=1S/C38H27F9O/c1-2-3-4-5-22-6-9-24(10-7-22)25-11-14-28(31(39)18-25)26-12-15-30(34(42)19-26)38(46,47)48-27-20-32(40)29(33(41)21-27)13-8-23-16-35(43)37(45)36(44)17-23/h6-21H,2-5H2,1H3/b13-8+. The molecule has 0 unspecified atom stereocenters. The largest absolute Gasteiger partial charge is 0.429 e.